The minimum Gasteiger partial charge on any atom is -0.374 e. The van der Waals surface area contributed by atoms with Crippen LogP contribution in [0.4, 0.5) is 5.13 Å². The van der Waals surface area contributed by atoms with Gasteiger partial charge in [0.15, 0.2) is 5.13 Å². The Morgan fingerprint density at radius 1 is 1.73 bits per heavy atom. The molecule has 1 N–H and O–H groups in total. The van der Waals surface area contributed by atoms with Crippen LogP contribution in [0.25, 0.3) is 0 Å². The van der Waals surface area contributed by atoms with E-state index in [9.17, 15) is 0 Å². The lowest BCUT2D eigenvalue weighted by molar-refractivity contribution is -0.0117. The van der Waals surface area contributed by atoms with Gasteiger partial charge in [-0.05, 0) is 14.0 Å². The molecule has 1 aromatic rings. The van der Waals surface area contributed by atoms with Gasteiger partial charge in [0.05, 0.1) is 18.4 Å². The second kappa shape index (κ2) is 4.92. The van der Waals surface area contributed by atoms with Crippen molar-refractivity contribution in [2.75, 3.05) is 38.6 Å². The standard InChI is InChI=1S/C10H17N3OS/c1-8-7-15-10(12-8)11-5-9-6-13(2)3-4-14-9/h7,9H,3-6H2,1-2H3,(H,11,12). The molecule has 1 aliphatic heterocycles. The van der Waals surface area contributed by atoms with E-state index in [-0.39, 0.29) is 6.10 Å². The molecular weight excluding hydrogens is 210 g/mol. The van der Waals surface area contributed by atoms with Gasteiger partial charge < -0.3 is 15.0 Å². The lowest BCUT2D eigenvalue weighted by Crippen LogP contribution is -2.43. The first-order valence-electron chi connectivity index (χ1n) is 5.20. The van der Waals surface area contributed by atoms with Gasteiger partial charge >= 0.3 is 0 Å². The van der Waals surface area contributed by atoms with Crippen LogP contribution in [0.3, 0.4) is 0 Å². The van der Waals surface area contributed by atoms with Crippen molar-refractivity contribution in [3.8, 4) is 0 Å². The predicted molar refractivity (Wildman–Crippen MR) is 62.6 cm³/mol. The highest BCUT2D eigenvalue weighted by Gasteiger charge is 2.17. The molecule has 1 aromatic heterocycles. The number of morpholine rings is 1. The maximum Gasteiger partial charge on any atom is 0.182 e. The van der Waals surface area contributed by atoms with E-state index in [0.29, 0.717) is 0 Å². The molecule has 5 heteroatoms. The number of nitrogens with one attached hydrogen (secondary N) is 1. The van der Waals surface area contributed by atoms with Gasteiger partial charge in [-0.15, -0.1) is 11.3 Å². The fourth-order valence-corrected chi connectivity index (χ4v) is 2.32. The molecule has 0 aliphatic carbocycles. The van der Waals surface area contributed by atoms with Gasteiger partial charge in [-0.2, -0.15) is 0 Å². The first kappa shape index (κ1) is 10.9. The summed E-state index contributed by atoms with van der Waals surface area (Å²) in [6, 6.07) is 0. The number of thiazole rings is 1. The fraction of sp³-hybridized carbons (Fsp3) is 0.700. The zero-order valence-electron chi connectivity index (χ0n) is 9.19. The normalized spacial score (nSPS) is 22.9. The molecule has 84 valence electrons. The van der Waals surface area contributed by atoms with Gasteiger partial charge in [-0.1, -0.05) is 0 Å². The van der Waals surface area contributed by atoms with Crippen molar-refractivity contribution in [1.82, 2.24) is 9.88 Å². The van der Waals surface area contributed by atoms with E-state index in [2.05, 4.69) is 27.6 Å². The van der Waals surface area contributed by atoms with Gasteiger partial charge in [0, 0.05) is 25.0 Å². The summed E-state index contributed by atoms with van der Waals surface area (Å²) in [6.07, 6.45) is 0.285. The van der Waals surface area contributed by atoms with Crippen molar-refractivity contribution in [1.29, 1.82) is 0 Å². The van der Waals surface area contributed by atoms with Gasteiger partial charge in [-0.25, -0.2) is 4.98 Å². The number of hydrogen-bond donors (Lipinski definition) is 1. The molecule has 1 unspecified atom stereocenters. The van der Waals surface area contributed by atoms with Gasteiger partial charge in [-0.3, -0.25) is 0 Å². The molecule has 0 bridgehead atoms. The number of aryl methyl sites for hydroxylation is 1. The zero-order valence-corrected chi connectivity index (χ0v) is 10.0. The Labute approximate surface area is 94.3 Å². The number of likely N-dealkylation sites (N-methyl/N-ethyl adjacent to an activating group) is 1. The van der Waals surface area contributed by atoms with Gasteiger partial charge in [0.2, 0.25) is 0 Å². The maximum absolute atomic E-state index is 5.65. The fourth-order valence-electron chi connectivity index (χ4n) is 1.63. The zero-order chi connectivity index (χ0) is 10.7. The van der Waals surface area contributed by atoms with Crippen LogP contribution in [0.2, 0.25) is 0 Å². The van der Waals surface area contributed by atoms with Crippen molar-refractivity contribution in [3.05, 3.63) is 11.1 Å². The van der Waals surface area contributed by atoms with Crippen LogP contribution in [0, 0.1) is 6.92 Å². The Hall–Kier alpha value is -0.650. The lowest BCUT2D eigenvalue weighted by Gasteiger charge is -2.29. The number of ether oxygens (including phenoxy) is 1. The van der Waals surface area contributed by atoms with E-state index in [1.54, 1.807) is 11.3 Å². The average Bonchev–Trinajstić information content (AvgIpc) is 2.62. The minimum atomic E-state index is 0.285. The summed E-state index contributed by atoms with van der Waals surface area (Å²) >= 11 is 1.65. The van der Waals surface area contributed by atoms with Crippen LogP contribution in [0.1, 0.15) is 5.69 Å². The summed E-state index contributed by atoms with van der Waals surface area (Å²) in [5.41, 5.74) is 1.07. The Balaban J connectivity index is 1.77. The molecule has 2 heterocycles. The summed E-state index contributed by atoms with van der Waals surface area (Å²) in [5.74, 6) is 0. The molecule has 1 aliphatic rings. The molecule has 2 rings (SSSR count). The third-order valence-corrected chi connectivity index (χ3v) is 3.36. The van der Waals surface area contributed by atoms with Crippen molar-refractivity contribution in [2.45, 2.75) is 13.0 Å². The highest BCUT2D eigenvalue weighted by Crippen LogP contribution is 2.14. The van der Waals surface area contributed by atoms with E-state index in [1.165, 1.54) is 0 Å². The lowest BCUT2D eigenvalue weighted by atomic mass is 10.3. The third kappa shape index (κ3) is 3.15. The van der Waals surface area contributed by atoms with Crippen LogP contribution in [-0.2, 0) is 4.74 Å². The maximum atomic E-state index is 5.65. The molecule has 0 aromatic carbocycles. The molecule has 4 nitrogen and oxygen atoms in total. The number of anilines is 1. The second-order valence-corrected chi connectivity index (χ2v) is 4.79. The Morgan fingerprint density at radius 3 is 3.27 bits per heavy atom. The monoisotopic (exact) mass is 227 g/mol. The second-order valence-electron chi connectivity index (χ2n) is 3.93. The van der Waals surface area contributed by atoms with Crippen molar-refractivity contribution < 1.29 is 4.74 Å². The number of hydrogen-bond acceptors (Lipinski definition) is 5. The topological polar surface area (TPSA) is 37.4 Å². The summed E-state index contributed by atoms with van der Waals surface area (Å²) in [4.78, 5) is 6.65. The summed E-state index contributed by atoms with van der Waals surface area (Å²) in [7, 11) is 2.13. The van der Waals surface area contributed by atoms with Crippen molar-refractivity contribution in [3.63, 3.8) is 0 Å². The van der Waals surface area contributed by atoms with E-state index in [1.807, 2.05) is 6.92 Å². The average molecular weight is 227 g/mol. The van der Waals surface area contributed by atoms with Crippen molar-refractivity contribution >= 4 is 16.5 Å². The smallest absolute Gasteiger partial charge is 0.182 e. The van der Waals surface area contributed by atoms with Crippen molar-refractivity contribution in [2.24, 2.45) is 0 Å². The first-order chi connectivity index (χ1) is 7.24. The summed E-state index contributed by atoms with van der Waals surface area (Å²) in [6.45, 7) is 5.72. The van der Waals surface area contributed by atoms with E-state index < -0.39 is 0 Å². The van der Waals surface area contributed by atoms with Crippen LogP contribution in [0.15, 0.2) is 5.38 Å². The van der Waals surface area contributed by atoms with Crippen LogP contribution in [-0.4, -0.2) is 49.3 Å². The number of nitrogens with zero attached hydrogens (tertiary/aromatic N) is 2. The van der Waals surface area contributed by atoms with Crippen LogP contribution < -0.4 is 5.32 Å². The van der Waals surface area contributed by atoms with Gasteiger partial charge in [0.25, 0.3) is 0 Å². The molecule has 0 spiro atoms. The summed E-state index contributed by atoms with van der Waals surface area (Å²) in [5, 5.41) is 6.35. The highest BCUT2D eigenvalue weighted by atomic mass is 32.1. The molecule has 0 radical (unpaired) electrons. The largest absolute Gasteiger partial charge is 0.374 e. The molecule has 0 saturated carbocycles. The number of aromatic nitrogens is 1. The quantitative estimate of drug-likeness (QED) is 0.842. The third-order valence-electron chi connectivity index (χ3n) is 2.44. The molecular formula is C10H17N3OS. The molecule has 0 amide bonds. The van der Waals surface area contributed by atoms with E-state index in [4.69, 9.17) is 4.74 Å². The molecule has 1 saturated heterocycles. The summed E-state index contributed by atoms with van der Waals surface area (Å²) < 4.78 is 5.65. The van der Waals surface area contributed by atoms with Crippen LogP contribution >= 0.6 is 11.3 Å². The molecule has 1 atom stereocenters. The molecule has 1 fully saturated rings. The first-order valence-corrected chi connectivity index (χ1v) is 6.08. The SMILES string of the molecule is Cc1csc(NCC2CN(C)CCO2)n1. The van der Waals surface area contributed by atoms with E-state index in [0.717, 1.165) is 37.1 Å². The van der Waals surface area contributed by atoms with Crippen LogP contribution in [0.5, 0.6) is 0 Å². The molecule has 15 heavy (non-hydrogen) atoms. The van der Waals surface area contributed by atoms with E-state index >= 15 is 0 Å². The Morgan fingerprint density at radius 2 is 2.60 bits per heavy atom. The Bertz CT molecular complexity index is 315. The van der Waals surface area contributed by atoms with Gasteiger partial charge in [0.1, 0.15) is 0 Å². The predicted octanol–water partition coefficient (Wildman–Crippen LogP) is 1.19. The minimum absolute atomic E-state index is 0.285. The Kier molecular flexibility index (Phi) is 3.56. The number of rotatable bonds is 3. The highest BCUT2D eigenvalue weighted by molar-refractivity contribution is 7.13.